The number of amides is 1. The number of hydrogen-bond acceptors (Lipinski definition) is 4. The average molecular weight is 270 g/mol. The molecule has 1 saturated heterocycles. The summed E-state index contributed by atoms with van der Waals surface area (Å²) in [4.78, 5) is 13.0. The monoisotopic (exact) mass is 269 g/mol. The first-order chi connectivity index (χ1) is 7.49. The number of carbonyl (C=O) groups is 1. The normalized spacial score (nSPS) is 19.6. The van der Waals surface area contributed by atoms with E-state index in [1.54, 1.807) is 7.05 Å². The van der Waals surface area contributed by atoms with E-state index < -0.39 is 10.0 Å². The molecular weight excluding hydrogens is 254 g/mol. The summed E-state index contributed by atoms with van der Waals surface area (Å²) in [6.07, 6.45) is 0. The van der Waals surface area contributed by atoms with Gasteiger partial charge in [-0.25, -0.2) is 8.42 Å². The van der Waals surface area contributed by atoms with Crippen LogP contribution in [0.1, 0.15) is 0 Å². The van der Waals surface area contributed by atoms with Gasteiger partial charge in [0.25, 0.3) is 0 Å². The van der Waals surface area contributed by atoms with Gasteiger partial charge in [0.05, 0.1) is 6.54 Å². The van der Waals surface area contributed by atoms with Crippen LogP contribution in [0.4, 0.5) is 0 Å². The summed E-state index contributed by atoms with van der Waals surface area (Å²) in [5, 5.41) is 2.14. The lowest BCUT2D eigenvalue weighted by Gasteiger charge is -2.32. The van der Waals surface area contributed by atoms with Crippen molar-refractivity contribution >= 4 is 27.5 Å². The minimum absolute atomic E-state index is 0.0614. The Morgan fingerprint density at radius 3 is 2.31 bits per heavy atom. The lowest BCUT2D eigenvalue weighted by atomic mass is 10.3. The number of hydrogen-bond donors (Lipinski definition) is 1. The summed E-state index contributed by atoms with van der Waals surface area (Å²) < 4.78 is 24.2. The fraction of sp³-hybridized carbons (Fsp3) is 0.875. The number of nitrogens with one attached hydrogen (secondary N) is 1. The zero-order valence-corrected chi connectivity index (χ0v) is 10.7. The molecule has 0 aromatic rings. The van der Waals surface area contributed by atoms with E-state index in [4.69, 9.17) is 11.6 Å². The Bertz CT molecular complexity index is 338. The van der Waals surface area contributed by atoms with Crippen molar-refractivity contribution in [2.75, 3.05) is 45.0 Å². The highest BCUT2D eigenvalue weighted by Crippen LogP contribution is 2.08. The molecule has 1 aliphatic rings. The van der Waals surface area contributed by atoms with E-state index in [-0.39, 0.29) is 11.1 Å². The van der Waals surface area contributed by atoms with Crippen LogP contribution in [0.5, 0.6) is 0 Å². The SMILES string of the molecule is CNC(=O)CN1CCN(S(=O)(=O)CCl)CC1. The van der Waals surface area contributed by atoms with E-state index in [9.17, 15) is 13.2 Å². The van der Waals surface area contributed by atoms with Gasteiger partial charge in [0.15, 0.2) is 0 Å². The van der Waals surface area contributed by atoms with Crippen LogP contribution in [0.25, 0.3) is 0 Å². The van der Waals surface area contributed by atoms with Gasteiger partial charge >= 0.3 is 0 Å². The first-order valence-corrected chi connectivity index (χ1v) is 7.10. The number of nitrogens with zero attached hydrogens (tertiary/aromatic N) is 2. The first kappa shape index (κ1) is 13.7. The molecule has 0 radical (unpaired) electrons. The third-order valence-electron chi connectivity index (χ3n) is 2.51. The predicted molar refractivity (Wildman–Crippen MR) is 61.7 cm³/mol. The molecule has 6 nitrogen and oxygen atoms in total. The maximum atomic E-state index is 11.4. The van der Waals surface area contributed by atoms with Crippen LogP contribution in [0.15, 0.2) is 0 Å². The van der Waals surface area contributed by atoms with Crippen LogP contribution >= 0.6 is 11.6 Å². The molecule has 16 heavy (non-hydrogen) atoms. The molecule has 0 aromatic heterocycles. The second kappa shape index (κ2) is 5.81. The molecule has 0 spiro atoms. The fourth-order valence-electron chi connectivity index (χ4n) is 1.52. The second-order valence-corrected chi connectivity index (χ2v) is 6.12. The smallest absolute Gasteiger partial charge is 0.233 e. The standard InChI is InChI=1S/C8H16ClN3O3S/c1-10-8(13)6-11-2-4-12(5-3-11)16(14,15)7-9/h2-7H2,1H3,(H,10,13). The zero-order valence-electron chi connectivity index (χ0n) is 9.15. The van der Waals surface area contributed by atoms with Crippen molar-refractivity contribution in [3.8, 4) is 0 Å². The van der Waals surface area contributed by atoms with Crippen LogP contribution in [0.3, 0.4) is 0 Å². The van der Waals surface area contributed by atoms with Crippen LogP contribution in [-0.2, 0) is 14.8 Å². The van der Waals surface area contributed by atoms with Crippen molar-refractivity contribution in [2.45, 2.75) is 0 Å². The molecule has 0 saturated carbocycles. The van der Waals surface area contributed by atoms with Gasteiger partial charge in [-0.3, -0.25) is 9.69 Å². The molecule has 94 valence electrons. The first-order valence-electron chi connectivity index (χ1n) is 4.96. The van der Waals surface area contributed by atoms with Gasteiger partial charge in [-0.05, 0) is 0 Å². The highest BCUT2D eigenvalue weighted by molar-refractivity contribution is 7.90. The summed E-state index contributed by atoms with van der Waals surface area (Å²) in [5.41, 5.74) is 0. The van der Waals surface area contributed by atoms with Gasteiger partial charge in [-0.15, -0.1) is 11.6 Å². The topological polar surface area (TPSA) is 69.7 Å². The van der Waals surface area contributed by atoms with Crippen molar-refractivity contribution < 1.29 is 13.2 Å². The molecule has 1 N–H and O–H groups in total. The summed E-state index contributed by atoms with van der Waals surface area (Å²) in [5.74, 6) is -0.0614. The fourth-order valence-corrected chi connectivity index (χ4v) is 2.79. The zero-order chi connectivity index (χ0) is 12.2. The van der Waals surface area contributed by atoms with E-state index in [1.165, 1.54) is 4.31 Å². The van der Waals surface area contributed by atoms with Crippen molar-refractivity contribution in [1.82, 2.24) is 14.5 Å². The van der Waals surface area contributed by atoms with Crippen LogP contribution in [0, 0.1) is 0 Å². The van der Waals surface area contributed by atoms with E-state index >= 15 is 0 Å². The number of alkyl halides is 1. The van der Waals surface area contributed by atoms with E-state index in [2.05, 4.69) is 5.32 Å². The van der Waals surface area contributed by atoms with Gasteiger partial charge in [-0.2, -0.15) is 4.31 Å². The Labute approximate surface area is 101 Å². The lowest BCUT2D eigenvalue weighted by molar-refractivity contribution is -0.122. The molecule has 0 atom stereocenters. The molecule has 0 unspecified atom stereocenters. The average Bonchev–Trinajstić information content (AvgIpc) is 2.29. The van der Waals surface area contributed by atoms with E-state index in [0.29, 0.717) is 32.7 Å². The maximum Gasteiger partial charge on any atom is 0.233 e. The van der Waals surface area contributed by atoms with Gasteiger partial charge in [0.2, 0.25) is 15.9 Å². The summed E-state index contributed by atoms with van der Waals surface area (Å²) in [7, 11) is -1.73. The number of likely N-dealkylation sites (N-methyl/N-ethyl adjacent to an activating group) is 1. The Morgan fingerprint density at radius 2 is 1.88 bits per heavy atom. The van der Waals surface area contributed by atoms with Crippen molar-refractivity contribution in [3.05, 3.63) is 0 Å². The number of rotatable bonds is 4. The molecular formula is C8H16ClN3O3S. The second-order valence-electron chi connectivity index (χ2n) is 3.57. The summed E-state index contributed by atoms with van der Waals surface area (Å²) in [6.45, 7) is 2.22. The summed E-state index contributed by atoms with van der Waals surface area (Å²) >= 11 is 5.36. The van der Waals surface area contributed by atoms with E-state index in [1.807, 2.05) is 4.90 Å². The van der Waals surface area contributed by atoms with Crippen molar-refractivity contribution in [2.24, 2.45) is 0 Å². The van der Waals surface area contributed by atoms with Crippen LogP contribution in [-0.4, -0.2) is 68.5 Å². The third-order valence-corrected chi connectivity index (χ3v) is 4.76. The molecule has 1 heterocycles. The number of sulfonamides is 1. The molecule has 1 rings (SSSR count). The highest BCUT2D eigenvalue weighted by atomic mass is 35.5. The number of carbonyl (C=O) groups excluding carboxylic acids is 1. The number of halogens is 1. The molecule has 0 aliphatic carbocycles. The highest BCUT2D eigenvalue weighted by Gasteiger charge is 2.26. The van der Waals surface area contributed by atoms with E-state index in [0.717, 1.165) is 0 Å². The Kier molecular flexibility index (Phi) is 4.97. The lowest BCUT2D eigenvalue weighted by Crippen LogP contribution is -2.51. The molecule has 0 aromatic carbocycles. The quantitative estimate of drug-likeness (QED) is 0.656. The van der Waals surface area contributed by atoms with Gasteiger partial charge in [-0.1, -0.05) is 0 Å². The Balaban J connectivity index is 2.43. The minimum atomic E-state index is -3.31. The van der Waals surface area contributed by atoms with Gasteiger partial charge in [0, 0.05) is 33.2 Å². The van der Waals surface area contributed by atoms with Crippen LogP contribution < -0.4 is 5.32 Å². The maximum absolute atomic E-state index is 11.4. The van der Waals surface area contributed by atoms with Crippen LogP contribution in [0.2, 0.25) is 0 Å². The van der Waals surface area contributed by atoms with Crippen molar-refractivity contribution in [1.29, 1.82) is 0 Å². The molecule has 8 heteroatoms. The molecule has 1 amide bonds. The molecule has 1 fully saturated rings. The Morgan fingerprint density at radius 1 is 1.31 bits per heavy atom. The summed E-state index contributed by atoms with van der Waals surface area (Å²) in [6, 6.07) is 0. The minimum Gasteiger partial charge on any atom is -0.358 e. The Hall–Kier alpha value is -0.370. The molecule has 0 bridgehead atoms. The van der Waals surface area contributed by atoms with Gasteiger partial charge < -0.3 is 5.32 Å². The van der Waals surface area contributed by atoms with Crippen molar-refractivity contribution in [3.63, 3.8) is 0 Å². The molecule has 1 aliphatic heterocycles. The van der Waals surface area contributed by atoms with Gasteiger partial charge in [0.1, 0.15) is 5.21 Å². The number of piperazine rings is 1. The predicted octanol–water partition coefficient (Wildman–Crippen LogP) is -1.12. The largest absolute Gasteiger partial charge is 0.358 e. The third kappa shape index (κ3) is 3.58.